The minimum Gasteiger partial charge on any atom is -0.469 e. The molecule has 0 N–H and O–H groups in total. The van der Waals surface area contributed by atoms with E-state index in [1.165, 1.54) is 16.3 Å². The number of carbonyl (C=O) groups is 2. The molecule has 1 aromatic carbocycles. The second-order valence-corrected chi connectivity index (χ2v) is 7.91. The summed E-state index contributed by atoms with van der Waals surface area (Å²) in [6.07, 6.45) is 0.608. The minimum absolute atomic E-state index is 0.155. The first-order valence-electron chi connectivity index (χ1n) is 7.70. The number of nitrogens with zero attached hydrogens (tertiary/aromatic N) is 2. The average Bonchev–Trinajstić information content (AvgIpc) is 2.92. The molecule has 1 saturated heterocycles. The lowest BCUT2D eigenvalue weighted by Gasteiger charge is -2.21. The summed E-state index contributed by atoms with van der Waals surface area (Å²) in [7, 11) is -0.308. The van der Waals surface area contributed by atoms with E-state index < -0.39 is 15.9 Å². The van der Waals surface area contributed by atoms with Gasteiger partial charge in [0.25, 0.3) is 5.91 Å². The highest BCUT2D eigenvalue weighted by Crippen LogP contribution is 2.24. The topological polar surface area (TPSA) is 84.0 Å². The Balaban J connectivity index is 2.07. The van der Waals surface area contributed by atoms with Crippen LogP contribution >= 0.6 is 0 Å². The van der Waals surface area contributed by atoms with Gasteiger partial charge in [-0.3, -0.25) is 13.9 Å². The van der Waals surface area contributed by atoms with E-state index in [0.717, 1.165) is 0 Å². The molecule has 1 fully saturated rings. The van der Waals surface area contributed by atoms with Crippen molar-refractivity contribution in [3.63, 3.8) is 0 Å². The van der Waals surface area contributed by atoms with Crippen LogP contribution in [0.2, 0.25) is 0 Å². The Morgan fingerprint density at radius 1 is 1.29 bits per heavy atom. The van der Waals surface area contributed by atoms with Gasteiger partial charge in [0.05, 0.1) is 24.5 Å². The molecule has 7 nitrogen and oxygen atoms in total. The minimum atomic E-state index is -3.23. The van der Waals surface area contributed by atoms with Crippen LogP contribution in [-0.4, -0.2) is 58.2 Å². The van der Waals surface area contributed by atoms with E-state index in [1.54, 1.807) is 38.2 Å². The highest BCUT2D eigenvalue weighted by Gasteiger charge is 2.28. The number of methoxy groups -OCH3 is 1. The van der Waals surface area contributed by atoms with Gasteiger partial charge >= 0.3 is 5.97 Å². The van der Waals surface area contributed by atoms with Gasteiger partial charge in [-0.05, 0) is 30.7 Å². The molecule has 0 radical (unpaired) electrons. The molecule has 1 unspecified atom stereocenters. The summed E-state index contributed by atoms with van der Waals surface area (Å²) >= 11 is 0. The number of benzene rings is 1. The third-order valence-electron chi connectivity index (χ3n) is 4.00. The smallest absolute Gasteiger partial charge is 0.310 e. The van der Waals surface area contributed by atoms with E-state index in [2.05, 4.69) is 4.74 Å². The second kappa shape index (κ2) is 7.21. The second-order valence-electron chi connectivity index (χ2n) is 5.90. The number of anilines is 1. The monoisotopic (exact) mass is 354 g/mol. The highest BCUT2D eigenvalue weighted by molar-refractivity contribution is 7.93. The van der Waals surface area contributed by atoms with Gasteiger partial charge in [0.2, 0.25) is 10.0 Å². The molecule has 0 aromatic heterocycles. The maximum Gasteiger partial charge on any atom is 0.310 e. The Labute approximate surface area is 142 Å². The Morgan fingerprint density at radius 2 is 1.92 bits per heavy atom. The number of ether oxygens (including phenoxy) is 1. The van der Waals surface area contributed by atoms with Crippen LogP contribution in [0.1, 0.15) is 23.7 Å². The molecule has 1 amide bonds. The maximum atomic E-state index is 12.4. The van der Waals surface area contributed by atoms with Gasteiger partial charge in [-0.1, -0.05) is 6.92 Å². The molecule has 8 heteroatoms. The Morgan fingerprint density at radius 3 is 2.42 bits per heavy atom. The van der Waals surface area contributed by atoms with Crippen LogP contribution in [0, 0.1) is 5.92 Å². The summed E-state index contributed by atoms with van der Waals surface area (Å²) in [6.45, 7) is 2.40. The number of hydrogen-bond acceptors (Lipinski definition) is 5. The Bertz CT molecular complexity index is 714. The molecule has 24 heavy (non-hydrogen) atoms. The SMILES string of the molecule is COC(=O)C(C)CN(C)C(=O)c1ccc(N2CCCS2(=O)=O)cc1. The van der Waals surface area contributed by atoms with Gasteiger partial charge in [-0.25, -0.2) is 8.42 Å². The van der Waals surface area contributed by atoms with Crippen LogP contribution in [0.25, 0.3) is 0 Å². The molecule has 0 spiro atoms. The molecule has 2 rings (SSSR count). The molecule has 0 aliphatic carbocycles. The normalized spacial score (nSPS) is 17.4. The van der Waals surface area contributed by atoms with Crippen molar-refractivity contribution in [2.24, 2.45) is 5.92 Å². The van der Waals surface area contributed by atoms with Crippen LogP contribution in [0.4, 0.5) is 5.69 Å². The lowest BCUT2D eigenvalue weighted by atomic mass is 10.1. The van der Waals surface area contributed by atoms with Gasteiger partial charge in [0.1, 0.15) is 0 Å². The summed E-state index contributed by atoms with van der Waals surface area (Å²) < 4.78 is 29.8. The van der Waals surface area contributed by atoms with Gasteiger partial charge in [-0.15, -0.1) is 0 Å². The zero-order valence-corrected chi connectivity index (χ0v) is 14.9. The first-order valence-corrected chi connectivity index (χ1v) is 9.31. The predicted molar refractivity (Wildman–Crippen MR) is 90.3 cm³/mol. The maximum absolute atomic E-state index is 12.4. The van der Waals surface area contributed by atoms with E-state index in [0.29, 0.717) is 24.2 Å². The molecule has 0 saturated carbocycles. The average molecular weight is 354 g/mol. The highest BCUT2D eigenvalue weighted by atomic mass is 32.2. The third-order valence-corrected chi connectivity index (χ3v) is 5.87. The molecule has 1 atom stereocenters. The first-order chi connectivity index (χ1) is 11.3. The molecular weight excluding hydrogens is 332 g/mol. The lowest BCUT2D eigenvalue weighted by molar-refractivity contribution is -0.145. The van der Waals surface area contributed by atoms with Crippen molar-refractivity contribution in [2.75, 3.05) is 37.3 Å². The van der Waals surface area contributed by atoms with Crippen molar-refractivity contribution in [3.8, 4) is 0 Å². The van der Waals surface area contributed by atoms with Gasteiger partial charge < -0.3 is 9.64 Å². The summed E-state index contributed by atoms with van der Waals surface area (Å²) in [6, 6.07) is 6.47. The number of carbonyl (C=O) groups excluding carboxylic acids is 2. The summed E-state index contributed by atoms with van der Waals surface area (Å²) in [5.41, 5.74) is 1.00. The zero-order chi connectivity index (χ0) is 17.9. The van der Waals surface area contributed by atoms with E-state index in [1.807, 2.05) is 0 Å². The number of sulfonamides is 1. The molecule has 1 aliphatic rings. The van der Waals surface area contributed by atoms with Crippen molar-refractivity contribution in [3.05, 3.63) is 29.8 Å². The largest absolute Gasteiger partial charge is 0.469 e. The number of esters is 1. The van der Waals surface area contributed by atoms with Crippen LogP contribution in [0.15, 0.2) is 24.3 Å². The van der Waals surface area contributed by atoms with Gasteiger partial charge in [-0.2, -0.15) is 0 Å². The zero-order valence-electron chi connectivity index (χ0n) is 14.1. The molecule has 1 heterocycles. The van der Waals surface area contributed by atoms with Crippen molar-refractivity contribution in [1.82, 2.24) is 4.90 Å². The number of rotatable bonds is 5. The molecule has 132 valence electrons. The summed E-state index contributed by atoms with van der Waals surface area (Å²) in [5.74, 6) is -0.870. The van der Waals surface area contributed by atoms with E-state index in [9.17, 15) is 18.0 Å². The van der Waals surface area contributed by atoms with Crippen molar-refractivity contribution in [2.45, 2.75) is 13.3 Å². The van der Waals surface area contributed by atoms with Gasteiger partial charge in [0, 0.05) is 25.7 Å². The molecule has 1 aromatic rings. The molecule has 1 aliphatic heterocycles. The summed E-state index contributed by atoms with van der Waals surface area (Å²) in [5, 5.41) is 0. The summed E-state index contributed by atoms with van der Waals surface area (Å²) in [4.78, 5) is 25.3. The van der Waals surface area contributed by atoms with Crippen molar-refractivity contribution < 1.29 is 22.7 Å². The lowest BCUT2D eigenvalue weighted by Crippen LogP contribution is -2.34. The fourth-order valence-corrected chi connectivity index (χ4v) is 4.25. The fraction of sp³-hybridized carbons (Fsp3) is 0.500. The van der Waals surface area contributed by atoms with E-state index in [4.69, 9.17) is 0 Å². The standard InChI is InChI=1S/C16H22N2O5S/c1-12(16(20)23-3)11-17(2)15(19)13-5-7-14(8-6-13)18-9-4-10-24(18,21)22/h5-8,12H,4,9-11H2,1-3H3. The van der Waals surface area contributed by atoms with Gasteiger partial charge in [0.15, 0.2) is 0 Å². The molecule has 0 bridgehead atoms. The van der Waals surface area contributed by atoms with E-state index in [-0.39, 0.29) is 24.2 Å². The van der Waals surface area contributed by atoms with Crippen LogP contribution < -0.4 is 4.31 Å². The third kappa shape index (κ3) is 3.87. The number of hydrogen-bond donors (Lipinski definition) is 0. The Kier molecular flexibility index (Phi) is 5.48. The van der Waals surface area contributed by atoms with Crippen LogP contribution in [-0.2, 0) is 19.6 Å². The van der Waals surface area contributed by atoms with E-state index >= 15 is 0 Å². The first kappa shape index (κ1) is 18.3. The van der Waals surface area contributed by atoms with Crippen LogP contribution in [0.5, 0.6) is 0 Å². The Hall–Kier alpha value is -2.09. The fourth-order valence-electron chi connectivity index (χ4n) is 2.69. The van der Waals surface area contributed by atoms with Crippen molar-refractivity contribution in [1.29, 1.82) is 0 Å². The van der Waals surface area contributed by atoms with Crippen LogP contribution in [0.3, 0.4) is 0 Å². The quantitative estimate of drug-likeness (QED) is 0.740. The number of amides is 1. The molecular formula is C16H22N2O5S. The predicted octanol–water partition coefficient (Wildman–Crippen LogP) is 1.11. The van der Waals surface area contributed by atoms with Crippen molar-refractivity contribution >= 4 is 27.6 Å².